The van der Waals surface area contributed by atoms with Crippen molar-refractivity contribution < 1.29 is 9.90 Å². The van der Waals surface area contributed by atoms with Crippen LogP contribution in [0.2, 0.25) is 10.0 Å². The molecule has 1 aliphatic heterocycles. The average Bonchev–Trinajstić information content (AvgIpc) is 3.33. The third kappa shape index (κ3) is 3.09. The Morgan fingerprint density at radius 3 is 2.81 bits per heavy atom. The predicted octanol–water partition coefficient (Wildman–Crippen LogP) is 3.77. The molecule has 2 aromatic heterocycles. The molecule has 4 rings (SSSR count). The number of fused-ring (bicyclic) bond motifs is 3. The van der Waals surface area contributed by atoms with Crippen LogP contribution in [-0.2, 0) is 17.8 Å². The molecule has 3 N–H and O–H groups in total. The number of rotatable bonds is 2. The summed E-state index contributed by atoms with van der Waals surface area (Å²) in [6.07, 6.45) is 2.34. The number of nitrogens with zero attached hydrogens (tertiary/aromatic N) is 2. The van der Waals surface area contributed by atoms with Crippen molar-refractivity contribution >= 4 is 40.0 Å². The number of H-pyrrole nitrogens is 2. The summed E-state index contributed by atoms with van der Waals surface area (Å²) in [5.41, 5.74) is 4.51. The van der Waals surface area contributed by atoms with Crippen LogP contribution in [0.4, 0.5) is 0 Å². The summed E-state index contributed by atoms with van der Waals surface area (Å²) in [6, 6.07) is 3.67. The first kappa shape index (κ1) is 18.8. The second kappa shape index (κ2) is 7.70. The number of hydrogen-bond acceptors (Lipinski definition) is 3. The van der Waals surface area contributed by atoms with E-state index in [2.05, 4.69) is 15.2 Å². The SMILES string of the molecule is CC.O=C(CO)N1CCc2[nH]c3c(Cl)c(Cl)cc(-c4ccn[nH]4)c3c2C1. The van der Waals surface area contributed by atoms with E-state index in [0.29, 0.717) is 29.6 Å². The second-order valence-corrected chi connectivity index (χ2v) is 6.53. The molecule has 0 fully saturated rings. The van der Waals surface area contributed by atoms with E-state index in [1.54, 1.807) is 17.2 Å². The number of aromatic nitrogens is 3. The number of carbonyl (C=O) groups excluding carboxylic acids is 1. The minimum absolute atomic E-state index is 0.279. The molecule has 3 heterocycles. The first-order chi connectivity index (χ1) is 12.6. The number of hydrogen-bond donors (Lipinski definition) is 3. The molecule has 1 aliphatic rings. The van der Waals surface area contributed by atoms with E-state index in [0.717, 1.165) is 33.4 Å². The maximum absolute atomic E-state index is 11.9. The summed E-state index contributed by atoms with van der Waals surface area (Å²) < 4.78 is 0. The highest BCUT2D eigenvalue weighted by atomic mass is 35.5. The van der Waals surface area contributed by atoms with Crippen molar-refractivity contribution in [2.24, 2.45) is 0 Å². The monoisotopic (exact) mass is 394 g/mol. The lowest BCUT2D eigenvalue weighted by Crippen LogP contribution is -2.37. The molecule has 0 atom stereocenters. The standard InChI is InChI=1S/C16H14Cl2N4O2.C2H6/c17-10-5-8(12-1-3-19-21-12)14-9-6-22(13(24)7-23)4-2-11(9)20-16(14)15(10)18;1-2/h1,3,5,20,23H,2,4,6-7H2,(H,19,21);1-2H3. The molecule has 0 aliphatic carbocycles. The van der Waals surface area contributed by atoms with Crippen molar-refractivity contribution in [3.05, 3.63) is 39.6 Å². The molecule has 3 aromatic rings. The van der Waals surface area contributed by atoms with Crippen LogP contribution in [0, 0.1) is 0 Å². The van der Waals surface area contributed by atoms with Gasteiger partial charge in [0.15, 0.2) is 0 Å². The highest BCUT2D eigenvalue weighted by Crippen LogP contribution is 2.41. The molecule has 1 amide bonds. The Morgan fingerprint density at radius 2 is 2.15 bits per heavy atom. The van der Waals surface area contributed by atoms with Crippen LogP contribution in [0.1, 0.15) is 25.1 Å². The van der Waals surface area contributed by atoms with Crippen LogP contribution in [0.3, 0.4) is 0 Å². The van der Waals surface area contributed by atoms with E-state index >= 15 is 0 Å². The highest BCUT2D eigenvalue weighted by molar-refractivity contribution is 6.45. The van der Waals surface area contributed by atoms with Crippen molar-refractivity contribution in [1.29, 1.82) is 0 Å². The van der Waals surface area contributed by atoms with Crippen LogP contribution in [0.15, 0.2) is 18.3 Å². The van der Waals surface area contributed by atoms with Crippen molar-refractivity contribution in [2.45, 2.75) is 26.8 Å². The van der Waals surface area contributed by atoms with Gasteiger partial charge in [0, 0.05) is 47.9 Å². The summed E-state index contributed by atoms with van der Waals surface area (Å²) in [4.78, 5) is 16.9. The Hall–Kier alpha value is -2.02. The fraction of sp³-hybridized carbons (Fsp3) is 0.333. The van der Waals surface area contributed by atoms with Crippen molar-refractivity contribution in [2.75, 3.05) is 13.2 Å². The van der Waals surface area contributed by atoms with Gasteiger partial charge in [-0.05, 0) is 12.1 Å². The number of halogens is 2. The third-order valence-electron chi connectivity index (χ3n) is 4.42. The number of benzene rings is 1. The molecular weight excluding hydrogens is 375 g/mol. The summed E-state index contributed by atoms with van der Waals surface area (Å²) >= 11 is 12.7. The maximum atomic E-state index is 11.9. The zero-order valence-corrected chi connectivity index (χ0v) is 16.1. The summed E-state index contributed by atoms with van der Waals surface area (Å²) in [6.45, 7) is 4.50. The van der Waals surface area contributed by atoms with Crippen LogP contribution in [-0.4, -0.2) is 44.2 Å². The van der Waals surface area contributed by atoms with Gasteiger partial charge in [-0.1, -0.05) is 37.0 Å². The van der Waals surface area contributed by atoms with E-state index in [1.165, 1.54) is 0 Å². The molecule has 0 spiro atoms. The number of aliphatic hydroxyl groups excluding tert-OH is 1. The van der Waals surface area contributed by atoms with Gasteiger partial charge in [-0.15, -0.1) is 0 Å². The zero-order chi connectivity index (χ0) is 18.8. The van der Waals surface area contributed by atoms with Crippen molar-refractivity contribution in [3.63, 3.8) is 0 Å². The lowest BCUT2D eigenvalue weighted by molar-refractivity contribution is -0.135. The second-order valence-electron chi connectivity index (χ2n) is 5.75. The van der Waals surface area contributed by atoms with Gasteiger partial charge in [0.1, 0.15) is 6.61 Å². The van der Waals surface area contributed by atoms with Crippen LogP contribution in [0.5, 0.6) is 0 Å². The first-order valence-corrected chi connectivity index (χ1v) is 9.25. The molecule has 1 aromatic carbocycles. The van der Waals surface area contributed by atoms with Gasteiger partial charge in [-0.25, -0.2) is 0 Å². The van der Waals surface area contributed by atoms with Crippen LogP contribution in [0.25, 0.3) is 22.2 Å². The predicted molar refractivity (Wildman–Crippen MR) is 103 cm³/mol. The van der Waals surface area contributed by atoms with Gasteiger partial charge in [-0.3, -0.25) is 9.89 Å². The molecule has 0 saturated carbocycles. The summed E-state index contributed by atoms with van der Waals surface area (Å²) in [5.74, 6) is -0.279. The van der Waals surface area contributed by atoms with Gasteiger partial charge in [0.05, 0.1) is 21.3 Å². The minimum Gasteiger partial charge on any atom is -0.387 e. The van der Waals surface area contributed by atoms with E-state index in [-0.39, 0.29) is 5.91 Å². The Labute approximate surface area is 161 Å². The Bertz CT molecular complexity index is 935. The summed E-state index contributed by atoms with van der Waals surface area (Å²) in [7, 11) is 0. The van der Waals surface area contributed by atoms with Gasteiger partial charge >= 0.3 is 0 Å². The lowest BCUT2D eigenvalue weighted by Gasteiger charge is -2.26. The van der Waals surface area contributed by atoms with Crippen LogP contribution < -0.4 is 0 Å². The van der Waals surface area contributed by atoms with Crippen molar-refractivity contribution in [3.8, 4) is 11.3 Å². The number of amides is 1. The number of carbonyl (C=O) groups is 1. The van der Waals surface area contributed by atoms with Gasteiger partial charge < -0.3 is 15.0 Å². The lowest BCUT2D eigenvalue weighted by atomic mass is 9.99. The van der Waals surface area contributed by atoms with Gasteiger partial charge in [0.25, 0.3) is 0 Å². The highest BCUT2D eigenvalue weighted by Gasteiger charge is 2.27. The number of aromatic amines is 2. The molecule has 0 bridgehead atoms. The molecule has 0 saturated heterocycles. The largest absolute Gasteiger partial charge is 0.387 e. The molecule has 0 unspecified atom stereocenters. The molecule has 26 heavy (non-hydrogen) atoms. The zero-order valence-electron chi connectivity index (χ0n) is 14.6. The Balaban J connectivity index is 0.000000948. The Kier molecular flexibility index (Phi) is 5.55. The topological polar surface area (TPSA) is 85.0 Å². The van der Waals surface area contributed by atoms with E-state index in [9.17, 15) is 4.79 Å². The molecule has 6 nitrogen and oxygen atoms in total. The third-order valence-corrected chi connectivity index (χ3v) is 5.21. The number of aliphatic hydroxyl groups is 1. The molecular formula is C18H20Cl2N4O2. The first-order valence-electron chi connectivity index (χ1n) is 8.50. The van der Waals surface area contributed by atoms with E-state index in [4.69, 9.17) is 28.3 Å². The fourth-order valence-corrected chi connectivity index (χ4v) is 3.67. The van der Waals surface area contributed by atoms with E-state index in [1.807, 2.05) is 19.9 Å². The van der Waals surface area contributed by atoms with E-state index < -0.39 is 6.61 Å². The molecule has 8 heteroatoms. The fourth-order valence-electron chi connectivity index (χ4n) is 3.27. The van der Waals surface area contributed by atoms with Gasteiger partial charge in [0.2, 0.25) is 5.91 Å². The maximum Gasteiger partial charge on any atom is 0.248 e. The molecule has 138 valence electrons. The normalized spacial score (nSPS) is 13.3. The number of nitrogens with one attached hydrogen (secondary N) is 2. The van der Waals surface area contributed by atoms with Crippen LogP contribution >= 0.6 is 23.2 Å². The van der Waals surface area contributed by atoms with Gasteiger partial charge in [-0.2, -0.15) is 5.10 Å². The smallest absolute Gasteiger partial charge is 0.248 e. The Morgan fingerprint density at radius 1 is 1.38 bits per heavy atom. The molecule has 0 radical (unpaired) electrons. The average molecular weight is 395 g/mol. The van der Waals surface area contributed by atoms with Crippen molar-refractivity contribution in [1.82, 2.24) is 20.1 Å². The minimum atomic E-state index is -0.488. The summed E-state index contributed by atoms with van der Waals surface area (Å²) in [5, 5.41) is 17.9. The quantitative estimate of drug-likeness (QED) is 0.618.